The molecule has 2 aromatic heterocycles. The molecule has 2 heterocycles. The van der Waals surface area contributed by atoms with Crippen LogP contribution in [0.25, 0.3) is 0 Å². The second-order valence-corrected chi connectivity index (χ2v) is 3.04. The Kier molecular flexibility index (Phi) is 2.85. The molecule has 0 atom stereocenters. The second-order valence-electron chi connectivity index (χ2n) is 3.04. The van der Waals surface area contributed by atoms with E-state index in [2.05, 4.69) is 20.6 Å². The van der Waals surface area contributed by atoms with Crippen LogP contribution in [-0.2, 0) is 13.1 Å². The molecule has 0 aliphatic heterocycles. The Morgan fingerprint density at radius 1 is 0.786 bits per heavy atom. The fraction of sp³-hybridized carbons (Fsp3) is 0.500. The number of hydrogen-bond donors (Lipinski definition) is 0. The van der Waals surface area contributed by atoms with E-state index in [4.69, 9.17) is 0 Å². The van der Waals surface area contributed by atoms with E-state index in [1.54, 1.807) is 12.4 Å². The first-order chi connectivity index (χ1) is 6.95. The normalized spacial score (nSPS) is 10.6. The maximum absolute atomic E-state index is 3.88. The third kappa shape index (κ3) is 2.38. The molecule has 0 N–H and O–H groups in total. The van der Waals surface area contributed by atoms with Crippen molar-refractivity contribution in [3.63, 3.8) is 0 Å². The summed E-state index contributed by atoms with van der Waals surface area (Å²) in [5.41, 5.74) is 0. The van der Waals surface area contributed by atoms with Crippen LogP contribution in [0.2, 0.25) is 0 Å². The van der Waals surface area contributed by atoms with Gasteiger partial charge in [0.15, 0.2) is 0 Å². The highest BCUT2D eigenvalue weighted by Gasteiger charge is 1.94. The predicted molar refractivity (Wildman–Crippen MR) is 49.3 cm³/mol. The van der Waals surface area contributed by atoms with Crippen molar-refractivity contribution < 1.29 is 0 Å². The molecule has 14 heavy (non-hydrogen) atoms. The molecule has 0 saturated heterocycles. The number of unbranched alkanes of at least 4 members (excludes halogenated alkanes) is 1. The van der Waals surface area contributed by atoms with Crippen LogP contribution in [0.15, 0.2) is 24.8 Å². The number of hydrogen-bond acceptors (Lipinski definition) is 4. The lowest BCUT2D eigenvalue weighted by molar-refractivity contribution is 0.487. The van der Waals surface area contributed by atoms with Crippen LogP contribution in [0.5, 0.6) is 0 Å². The highest BCUT2D eigenvalue weighted by atomic mass is 15.4. The van der Waals surface area contributed by atoms with Gasteiger partial charge in [-0.3, -0.25) is 9.36 Å². The minimum Gasteiger partial charge on any atom is -0.253 e. The van der Waals surface area contributed by atoms with Gasteiger partial charge in [-0.2, -0.15) is 0 Å². The van der Waals surface area contributed by atoms with Gasteiger partial charge >= 0.3 is 0 Å². The molecule has 0 unspecified atom stereocenters. The Balaban J connectivity index is 1.65. The van der Waals surface area contributed by atoms with Crippen LogP contribution < -0.4 is 0 Å². The van der Waals surface area contributed by atoms with Crippen molar-refractivity contribution in [1.29, 1.82) is 0 Å². The van der Waals surface area contributed by atoms with Crippen molar-refractivity contribution in [2.24, 2.45) is 0 Å². The molecule has 0 bridgehead atoms. The zero-order valence-electron chi connectivity index (χ0n) is 7.82. The number of rotatable bonds is 5. The maximum Gasteiger partial charge on any atom is 0.0692 e. The van der Waals surface area contributed by atoms with Gasteiger partial charge in [-0.25, -0.2) is 0 Å². The molecule has 0 aromatic carbocycles. The molecule has 2 rings (SSSR count). The lowest BCUT2D eigenvalue weighted by Crippen LogP contribution is -2.03. The van der Waals surface area contributed by atoms with Crippen LogP contribution in [0.3, 0.4) is 0 Å². The van der Waals surface area contributed by atoms with Crippen molar-refractivity contribution in [2.45, 2.75) is 25.9 Å². The quantitative estimate of drug-likeness (QED) is 0.641. The SMILES string of the molecule is c1cn(CCCCn2ccnn2)nn1. The van der Waals surface area contributed by atoms with Gasteiger partial charge in [-0.05, 0) is 12.8 Å². The molecule has 0 fully saturated rings. The monoisotopic (exact) mass is 192 g/mol. The largest absolute Gasteiger partial charge is 0.253 e. The van der Waals surface area contributed by atoms with Crippen LogP contribution in [-0.4, -0.2) is 30.0 Å². The Morgan fingerprint density at radius 3 is 1.64 bits per heavy atom. The first-order valence-electron chi connectivity index (χ1n) is 4.63. The lowest BCUT2D eigenvalue weighted by atomic mass is 10.3. The topological polar surface area (TPSA) is 61.4 Å². The predicted octanol–water partition coefficient (Wildman–Crippen LogP) is 0.350. The van der Waals surface area contributed by atoms with E-state index < -0.39 is 0 Å². The molecule has 0 aliphatic carbocycles. The number of nitrogens with zero attached hydrogens (tertiary/aromatic N) is 6. The highest BCUT2D eigenvalue weighted by Crippen LogP contribution is 1.95. The second kappa shape index (κ2) is 4.50. The van der Waals surface area contributed by atoms with E-state index in [0.29, 0.717) is 0 Å². The first kappa shape index (κ1) is 8.86. The summed E-state index contributed by atoms with van der Waals surface area (Å²) < 4.78 is 3.67. The Morgan fingerprint density at radius 2 is 1.29 bits per heavy atom. The molecule has 74 valence electrons. The zero-order valence-corrected chi connectivity index (χ0v) is 7.82. The fourth-order valence-corrected chi connectivity index (χ4v) is 1.25. The molecule has 0 radical (unpaired) electrons. The highest BCUT2D eigenvalue weighted by molar-refractivity contribution is 4.65. The molecular weight excluding hydrogens is 180 g/mol. The number of aromatic nitrogens is 6. The van der Waals surface area contributed by atoms with Crippen molar-refractivity contribution in [1.82, 2.24) is 30.0 Å². The van der Waals surface area contributed by atoms with E-state index in [1.807, 2.05) is 21.8 Å². The summed E-state index contributed by atoms with van der Waals surface area (Å²) in [6.45, 7) is 1.82. The minimum absolute atomic E-state index is 0.911. The van der Waals surface area contributed by atoms with Gasteiger partial charge in [-0.15, -0.1) is 10.2 Å². The molecule has 0 aliphatic rings. The van der Waals surface area contributed by atoms with E-state index in [9.17, 15) is 0 Å². The van der Waals surface area contributed by atoms with Gasteiger partial charge in [-0.1, -0.05) is 10.4 Å². The maximum atomic E-state index is 3.88. The first-order valence-corrected chi connectivity index (χ1v) is 4.63. The Labute approximate surface area is 81.5 Å². The van der Waals surface area contributed by atoms with Crippen molar-refractivity contribution in [3.8, 4) is 0 Å². The van der Waals surface area contributed by atoms with E-state index in [1.165, 1.54) is 0 Å². The summed E-state index contributed by atoms with van der Waals surface area (Å²) in [5.74, 6) is 0. The Hall–Kier alpha value is -1.72. The van der Waals surface area contributed by atoms with Crippen LogP contribution >= 0.6 is 0 Å². The van der Waals surface area contributed by atoms with Gasteiger partial charge in [0.25, 0.3) is 0 Å². The summed E-state index contributed by atoms with van der Waals surface area (Å²) in [5, 5.41) is 15.2. The van der Waals surface area contributed by atoms with Crippen molar-refractivity contribution in [3.05, 3.63) is 24.8 Å². The Bertz CT molecular complexity index is 302. The smallest absolute Gasteiger partial charge is 0.0692 e. The number of aryl methyl sites for hydroxylation is 2. The average molecular weight is 192 g/mol. The van der Waals surface area contributed by atoms with Gasteiger partial charge in [0.1, 0.15) is 0 Å². The van der Waals surface area contributed by atoms with Crippen molar-refractivity contribution in [2.75, 3.05) is 0 Å². The molecule has 2 aromatic rings. The molecule has 0 amide bonds. The summed E-state index contributed by atoms with van der Waals surface area (Å²) in [7, 11) is 0. The van der Waals surface area contributed by atoms with Crippen LogP contribution in [0.1, 0.15) is 12.8 Å². The van der Waals surface area contributed by atoms with Gasteiger partial charge < -0.3 is 0 Å². The van der Waals surface area contributed by atoms with Crippen molar-refractivity contribution >= 4 is 0 Å². The zero-order chi connectivity index (χ0) is 9.64. The molecule has 6 heteroatoms. The van der Waals surface area contributed by atoms with Gasteiger partial charge in [0, 0.05) is 25.5 Å². The van der Waals surface area contributed by atoms with E-state index in [-0.39, 0.29) is 0 Å². The summed E-state index contributed by atoms with van der Waals surface area (Å²) in [6.07, 6.45) is 9.27. The lowest BCUT2D eigenvalue weighted by Gasteiger charge is -2.00. The van der Waals surface area contributed by atoms with E-state index >= 15 is 0 Å². The fourth-order valence-electron chi connectivity index (χ4n) is 1.25. The standard InChI is InChI=1S/C8H12N6/c1(5-13-7-3-9-11-13)2-6-14-8-4-10-12-14/h3-4,7-8H,1-2,5-6H2. The molecule has 0 saturated carbocycles. The summed E-state index contributed by atoms with van der Waals surface area (Å²) in [4.78, 5) is 0. The molecular formula is C8H12N6. The van der Waals surface area contributed by atoms with Crippen LogP contribution in [0, 0.1) is 0 Å². The van der Waals surface area contributed by atoms with E-state index in [0.717, 1.165) is 25.9 Å². The third-order valence-corrected chi connectivity index (χ3v) is 1.97. The van der Waals surface area contributed by atoms with Crippen LogP contribution in [0.4, 0.5) is 0 Å². The molecule has 0 spiro atoms. The average Bonchev–Trinajstić information content (AvgIpc) is 2.86. The summed E-state index contributed by atoms with van der Waals surface area (Å²) >= 11 is 0. The molecule has 6 nitrogen and oxygen atoms in total. The third-order valence-electron chi connectivity index (χ3n) is 1.97. The minimum atomic E-state index is 0.911. The summed E-state index contributed by atoms with van der Waals surface area (Å²) in [6, 6.07) is 0. The van der Waals surface area contributed by atoms with Gasteiger partial charge in [0.05, 0.1) is 12.4 Å². The van der Waals surface area contributed by atoms with Gasteiger partial charge in [0.2, 0.25) is 0 Å².